The average molecular weight is 236 g/mol. The first-order valence-corrected chi connectivity index (χ1v) is 6.97. The summed E-state index contributed by atoms with van der Waals surface area (Å²) in [5, 5.41) is 3.31. The number of aromatic nitrogens is 2. The summed E-state index contributed by atoms with van der Waals surface area (Å²) in [5.41, 5.74) is 1.25. The minimum atomic E-state index is 0.160. The van der Waals surface area contributed by atoms with Crippen LogP contribution in [0.5, 0.6) is 0 Å². The summed E-state index contributed by atoms with van der Waals surface area (Å²) in [7, 11) is 0. The monoisotopic (exact) mass is 236 g/mol. The van der Waals surface area contributed by atoms with Crippen molar-refractivity contribution >= 4 is 0 Å². The van der Waals surface area contributed by atoms with Gasteiger partial charge in [0.05, 0.1) is 6.04 Å². The smallest absolute Gasteiger partial charge is 0.266 e. The second-order valence-electron chi connectivity index (χ2n) is 5.73. The first kappa shape index (κ1) is 12.5. The summed E-state index contributed by atoms with van der Waals surface area (Å²) >= 11 is 0. The highest BCUT2D eigenvalue weighted by atomic mass is 16.1. The summed E-state index contributed by atoms with van der Waals surface area (Å²) in [5.74, 6) is 0.593. The lowest BCUT2D eigenvalue weighted by molar-refractivity contribution is 0.392. The van der Waals surface area contributed by atoms with Gasteiger partial charge in [0.25, 0.3) is 5.56 Å². The van der Waals surface area contributed by atoms with Gasteiger partial charge in [-0.15, -0.1) is 0 Å². The molecule has 0 atom stereocenters. The summed E-state index contributed by atoms with van der Waals surface area (Å²) in [4.78, 5) is 12.0. The van der Waals surface area contributed by atoms with Gasteiger partial charge in [-0.2, -0.15) is 0 Å². The molecule has 1 fully saturated rings. The zero-order chi connectivity index (χ0) is 12.3. The standard InChI is InChI=1S/C14H24N2O/c1-11(2)9-12-10-14(17)16(15-12)13-7-5-3-4-6-8-13/h10-11,13,15H,3-9H2,1-2H3. The Morgan fingerprint density at radius 1 is 1.29 bits per heavy atom. The lowest BCUT2D eigenvalue weighted by atomic mass is 10.1. The van der Waals surface area contributed by atoms with Crippen LogP contribution in [-0.4, -0.2) is 9.78 Å². The summed E-state index contributed by atoms with van der Waals surface area (Å²) < 4.78 is 1.88. The predicted octanol–water partition coefficient (Wildman–Crippen LogP) is 3.27. The average Bonchev–Trinajstić information content (AvgIpc) is 2.52. The fourth-order valence-corrected chi connectivity index (χ4v) is 2.79. The van der Waals surface area contributed by atoms with Crippen molar-refractivity contribution in [2.45, 2.75) is 64.8 Å². The van der Waals surface area contributed by atoms with Crippen LogP contribution in [0.2, 0.25) is 0 Å². The summed E-state index contributed by atoms with van der Waals surface area (Å²) in [6, 6.07) is 2.19. The molecular formula is C14H24N2O. The van der Waals surface area contributed by atoms with Gasteiger partial charge in [-0.25, -0.2) is 4.68 Å². The number of aromatic amines is 1. The SMILES string of the molecule is CC(C)Cc1cc(=O)n(C2CCCCCC2)[nH]1. The molecule has 96 valence electrons. The topological polar surface area (TPSA) is 37.8 Å². The molecule has 1 aromatic rings. The van der Waals surface area contributed by atoms with Gasteiger partial charge in [-0.1, -0.05) is 39.5 Å². The Labute approximate surface area is 103 Å². The van der Waals surface area contributed by atoms with Crippen molar-refractivity contribution in [2.75, 3.05) is 0 Å². The Morgan fingerprint density at radius 2 is 1.94 bits per heavy atom. The third kappa shape index (κ3) is 3.24. The van der Waals surface area contributed by atoms with Crippen LogP contribution in [-0.2, 0) is 6.42 Å². The normalized spacial score (nSPS) is 18.5. The van der Waals surface area contributed by atoms with E-state index >= 15 is 0 Å². The van der Waals surface area contributed by atoms with Crippen molar-refractivity contribution in [3.63, 3.8) is 0 Å². The van der Waals surface area contributed by atoms with Crippen molar-refractivity contribution in [1.29, 1.82) is 0 Å². The molecule has 0 bridgehead atoms. The van der Waals surface area contributed by atoms with Gasteiger partial charge < -0.3 is 0 Å². The highest BCUT2D eigenvalue weighted by Crippen LogP contribution is 2.25. The molecule has 0 spiro atoms. The van der Waals surface area contributed by atoms with E-state index in [9.17, 15) is 4.79 Å². The molecule has 1 aliphatic carbocycles. The number of rotatable bonds is 3. The Bertz CT molecular complexity index is 395. The van der Waals surface area contributed by atoms with Crippen LogP contribution in [0, 0.1) is 5.92 Å². The molecule has 1 heterocycles. The zero-order valence-electron chi connectivity index (χ0n) is 11.0. The first-order chi connectivity index (χ1) is 8.16. The Hall–Kier alpha value is -0.990. The number of hydrogen-bond acceptors (Lipinski definition) is 1. The summed E-state index contributed by atoms with van der Waals surface area (Å²) in [6.07, 6.45) is 8.44. The van der Waals surface area contributed by atoms with Gasteiger partial charge in [0.15, 0.2) is 0 Å². The fourth-order valence-electron chi connectivity index (χ4n) is 2.79. The lowest BCUT2D eigenvalue weighted by Gasteiger charge is -2.15. The number of nitrogens with one attached hydrogen (secondary N) is 1. The van der Waals surface area contributed by atoms with E-state index in [4.69, 9.17) is 0 Å². The lowest BCUT2D eigenvalue weighted by Crippen LogP contribution is -2.21. The van der Waals surface area contributed by atoms with Crippen LogP contribution < -0.4 is 5.56 Å². The van der Waals surface area contributed by atoms with Crippen molar-refractivity contribution < 1.29 is 0 Å². The van der Waals surface area contributed by atoms with Gasteiger partial charge in [0.2, 0.25) is 0 Å². The molecule has 0 amide bonds. The second-order valence-corrected chi connectivity index (χ2v) is 5.73. The molecule has 0 unspecified atom stereocenters. The Balaban J connectivity index is 2.13. The van der Waals surface area contributed by atoms with Crippen LogP contribution in [0.1, 0.15) is 64.1 Å². The van der Waals surface area contributed by atoms with E-state index in [2.05, 4.69) is 18.9 Å². The van der Waals surface area contributed by atoms with Crippen LogP contribution in [0.25, 0.3) is 0 Å². The van der Waals surface area contributed by atoms with Crippen LogP contribution in [0.3, 0.4) is 0 Å². The molecule has 3 heteroatoms. The fraction of sp³-hybridized carbons (Fsp3) is 0.786. The van der Waals surface area contributed by atoms with Crippen LogP contribution in [0.4, 0.5) is 0 Å². The van der Waals surface area contributed by atoms with Gasteiger partial charge in [-0.05, 0) is 25.2 Å². The minimum Gasteiger partial charge on any atom is -0.299 e. The maximum Gasteiger partial charge on any atom is 0.266 e. The Morgan fingerprint density at radius 3 is 2.53 bits per heavy atom. The molecule has 0 radical (unpaired) electrons. The molecule has 1 aliphatic rings. The molecule has 2 rings (SSSR count). The van der Waals surface area contributed by atoms with Gasteiger partial charge in [0, 0.05) is 11.8 Å². The van der Waals surface area contributed by atoms with E-state index in [1.165, 1.54) is 25.7 Å². The van der Waals surface area contributed by atoms with Gasteiger partial charge in [-0.3, -0.25) is 9.89 Å². The predicted molar refractivity (Wildman–Crippen MR) is 70.3 cm³/mol. The molecule has 3 nitrogen and oxygen atoms in total. The van der Waals surface area contributed by atoms with Gasteiger partial charge in [0.1, 0.15) is 0 Å². The van der Waals surface area contributed by atoms with E-state index in [1.54, 1.807) is 6.07 Å². The Kier molecular flexibility index (Phi) is 4.08. The highest BCUT2D eigenvalue weighted by Gasteiger charge is 2.17. The maximum atomic E-state index is 12.0. The molecule has 0 saturated heterocycles. The van der Waals surface area contributed by atoms with Crippen molar-refractivity contribution in [2.24, 2.45) is 5.92 Å². The first-order valence-electron chi connectivity index (χ1n) is 6.97. The molecule has 1 N–H and O–H groups in total. The van der Waals surface area contributed by atoms with Crippen LogP contribution in [0.15, 0.2) is 10.9 Å². The van der Waals surface area contributed by atoms with E-state index in [-0.39, 0.29) is 5.56 Å². The third-order valence-electron chi connectivity index (χ3n) is 3.62. The van der Waals surface area contributed by atoms with E-state index < -0.39 is 0 Å². The molecule has 0 aromatic carbocycles. The van der Waals surface area contributed by atoms with Gasteiger partial charge >= 0.3 is 0 Å². The number of nitrogens with zero attached hydrogens (tertiary/aromatic N) is 1. The molecule has 1 aromatic heterocycles. The number of hydrogen-bond donors (Lipinski definition) is 1. The minimum absolute atomic E-state index is 0.160. The zero-order valence-corrected chi connectivity index (χ0v) is 11.0. The van der Waals surface area contributed by atoms with Crippen molar-refractivity contribution in [3.8, 4) is 0 Å². The van der Waals surface area contributed by atoms with E-state index in [1.807, 2.05) is 4.68 Å². The molecule has 17 heavy (non-hydrogen) atoms. The second kappa shape index (κ2) is 5.56. The third-order valence-corrected chi connectivity index (χ3v) is 3.62. The maximum absolute atomic E-state index is 12.0. The molecule has 1 saturated carbocycles. The largest absolute Gasteiger partial charge is 0.299 e. The summed E-state index contributed by atoms with van der Waals surface area (Å²) in [6.45, 7) is 4.36. The van der Waals surface area contributed by atoms with Crippen molar-refractivity contribution in [1.82, 2.24) is 9.78 Å². The number of H-pyrrole nitrogens is 1. The van der Waals surface area contributed by atoms with Crippen molar-refractivity contribution in [3.05, 3.63) is 22.1 Å². The van der Waals surface area contributed by atoms with E-state index in [0.29, 0.717) is 12.0 Å². The van der Waals surface area contributed by atoms with E-state index in [0.717, 1.165) is 25.0 Å². The molecular weight excluding hydrogens is 212 g/mol. The van der Waals surface area contributed by atoms with Crippen LogP contribution >= 0.6 is 0 Å². The molecule has 0 aliphatic heterocycles. The highest BCUT2D eigenvalue weighted by molar-refractivity contribution is 5.01. The quantitative estimate of drug-likeness (QED) is 0.804.